The first-order chi connectivity index (χ1) is 5.18. The molecule has 0 aromatic heterocycles. The molecule has 11 heavy (non-hydrogen) atoms. The summed E-state index contributed by atoms with van der Waals surface area (Å²) in [6, 6.07) is 5.90. The number of hydrogen-bond acceptors (Lipinski definition) is 2. The van der Waals surface area contributed by atoms with E-state index >= 15 is 0 Å². The zero-order chi connectivity index (χ0) is 8.27. The molecule has 0 radical (unpaired) electrons. The van der Waals surface area contributed by atoms with Gasteiger partial charge in [0, 0.05) is 6.42 Å². The minimum absolute atomic E-state index is 0.278. The van der Waals surface area contributed by atoms with E-state index < -0.39 is 6.23 Å². The summed E-state index contributed by atoms with van der Waals surface area (Å²) in [5, 5.41) is 8.76. The molecule has 0 saturated heterocycles. The number of aliphatic hydroxyl groups is 1. The monoisotopic (exact) mass is 155 g/mol. The minimum atomic E-state index is -0.861. The predicted molar refractivity (Wildman–Crippen MR) is 40.3 cm³/mol. The zero-order valence-corrected chi connectivity index (χ0v) is 6.00. The van der Waals surface area contributed by atoms with Gasteiger partial charge in [-0.2, -0.15) is 0 Å². The number of nitrogens with two attached hydrogens (primary N) is 1. The molecule has 3 heteroatoms. The van der Waals surface area contributed by atoms with Crippen molar-refractivity contribution in [2.75, 3.05) is 0 Å². The number of halogens is 1. The van der Waals surface area contributed by atoms with Gasteiger partial charge in [0.15, 0.2) is 0 Å². The van der Waals surface area contributed by atoms with Gasteiger partial charge in [-0.1, -0.05) is 12.1 Å². The van der Waals surface area contributed by atoms with E-state index in [1.807, 2.05) is 0 Å². The van der Waals surface area contributed by atoms with E-state index in [9.17, 15) is 4.39 Å². The van der Waals surface area contributed by atoms with Crippen LogP contribution in [0.25, 0.3) is 0 Å². The largest absolute Gasteiger partial charge is 0.378 e. The second-order valence-corrected chi connectivity index (χ2v) is 2.40. The van der Waals surface area contributed by atoms with Crippen molar-refractivity contribution in [2.24, 2.45) is 5.73 Å². The zero-order valence-electron chi connectivity index (χ0n) is 6.00. The second kappa shape index (κ2) is 3.46. The topological polar surface area (TPSA) is 46.2 Å². The van der Waals surface area contributed by atoms with Gasteiger partial charge in [-0.3, -0.25) is 0 Å². The third-order valence-electron chi connectivity index (χ3n) is 1.36. The first-order valence-electron chi connectivity index (χ1n) is 3.36. The molecule has 1 atom stereocenters. The van der Waals surface area contributed by atoms with Crippen LogP contribution in [0.4, 0.5) is 4.39 Å². The standard InChI is InChI=1S/C8H10FNO/c9-7-3-1-6(2-4-7)5-8(10)11/h1-4,8,11H,5,10H2/t8-/m1/s1. The fourth-order valence-electron chi connectivity index (χ4n) is 0.862. The number of hydrogen-bond donors (Lipinski definition) is 2. The van der Waals surface area contributed by atoms with Gasteiger partial charge in [-0.15, -0.1) is 0 Å². The summed E-state index contributed by atoms with van der Waals surface area (Å²) < 4.78 is 12.3. The molecule has 2 nitrogen and oxygen atoms in total. The first-order valence-corrected chi connectivity index (χ1v) is 3.36. The maximum atomic E-state index is 12.3. The number of benzene rings is 1. The normalized spacial score (nSPS) is 13.0. The Balaban J connectivity index is 2.66. The molecule has 0 aliphatic carbocycles. The molecule has 0 spiro atoms. The lowest BCUT2D eigenvalue weighted by molar-refractivity contribution is 0.183. The molecule has 3 N–H and O–H groups in total. The van der Waals surface area contributed by atoms with E-state index in [4.69, 9.17) is 10.8 Å². The maximum absolute atomic E-state index is 12.3. The van der Waals surface area contributed by atoms with Crippen LogP contribution in [0.5, 0.6) is 0 Å². The SMILES string of the molecule is N[C@H](O)Cc1ccc(F)cc1. The van der Waals surface area contributed by atoms with Crippen molar-refractivity contribution in [3.63, 3.8) is 0 Å². The van der Waals surface area contributed by atoms with Crippen molar-refractivity contribution in [1.82, 2.24) is 0 Å². The maximum Gasteiger partial charge on any atom is 0.123 e. The smallest absolute Gasteiger partial charge is 0.123 e. The molecule has 60 valence electrons. The van der Waals surface area contributed by atoms with Crippen LogP contribution in [-0.4, -0.2) is 11.3 Å². The van der Waals surface area contributed by atoms with E-state index in [-0.39, 0.29) is 5.82 Å². The summed E-state index contributed by atoms with van der Waals surface area (Å²) in [6.07, 6.45) is -0.499. The summed E-state index contributed by atoms with van der Waals surface area (Å²) in [5.41, 5.74) is 5.96. The Morgan fingerprint density at radius 3 is 2.36 bits per heavy atom. The van der Waals surface area contributed by atoms with Crippen LogP contribution < -0.4 is 5.73 Å². The lowest BCUT2D eigenvalue weighted by atomic mass is 10.1. The second-order valence-electron chi connectivity index (χ2n) is 2.40. The van der Waals surface area contributed by atoms with Gasteiger partial charge in [0.25, 0.3) is 0 Å². The van der Waals surface area contributed by atoms with Crippen LogP contribution >= 0.6 is 0 Å². The average Bonchev–Trinajstić information content (AvgIpc) is 1.93. The van der Waals surface area contributed by atoms with Gasteiger partial charge in [0.1, 0.15) is 12.0 Å². The Kier molecular flexibility index (Phi) is 2.57. The van der Waals surface area contributed by atoms with Crippen molar-refractivity contribution in [3.8, 4) is 0 Å². The average molecular weight is 155 g/mol. The highest BCUT2D eigenvalue weighted by Crippen LogP contribution is 2.03. The van der Waals surface area contributed by atoms with Crippen molar-refractivity contribution in [3.05, 3.63) is 35.6 Å². The van der Waals surface area contributed by atoms with Gasteiger partial charge < -0.3 is 10.8 Å². The lowest BCUT2D eigenvalue weighted by Gasteiger charge is -2.02. The van der Waals surface area contributed by atoms with E-state index in [2.05, 4.69) is 0 Å². The van der Waals surface area contributed by atoms with Crippen LogP contribution in [0.3, 0.4) is 0 Å². The molecule has 0 heterocycles. The Bertz CT molecular complexity index is 220. The Morgan fingerprint density at radius 2 is 1.91 bits per heavy atom. The van der Waals surface area contributed by atoms with Crippen molar-refractivity contribution in [1.29, 1.82) is 0 Å². The third-order valence-corrected chi connectivity index (χ3v) is 1.36. The first kappa shape index (κ1) is 8.17. The van der Waals surface area contributed by atoms with Crippen LogP contribution in [0.15, 0.2) is 24.3 Å². The predicted octanol–water partition coefficient (Wildman–Crippen LogP) is 0.645. The summed E-state index contributed by atoms with van der Waals surface area (Å²) in [5.74, 6) is -0.278. The van der Waals surface area contributed by atoms with Crippen LogP contribution in [0.1, 0.15) is 5.56 Å². The lowest BCUT2D eigenvalue weighted by Crippen LogP contribution is -2.21. The molecule has 0 bridgehead atoms. The summed E-state index contributed by atoms with van der Waals surface area (Å²) in [4.78, 5) is 0. The molecule has 0 saturated carbocycles. The molecular weight excluding hydrogens is 145 g/mol. The van der Waals surface area contributed by atoms with Crippen LogP contribution in [0, 0.1) is 5.82 Å². The van der Waals surface area contributed by atoms with Gasteiger partial charge in [0.2, 0.25) is 0 Å². The van der Waals surface area contributed by atoms with Gasteiger partial charge >= 0.3 is 0 Å². The molecule has 1 aromatic rings. The van der Waals surface area contributed by atoms with E-state index in [1.165, 1.54) is 12.1 Å². The molecule has 0 aliphatic heterocycles. The van der Waals surface area contributed by atoms with Crippen molar-refractivity contribution in [2.45, 2.75) is 12.6 Å². The summed E-state index contributed by atoms with van der Waals surface area (Å²) in [6.45, 7) is 0. The molecule has 0 unspecified atom stereocenters. The quantitative estimate of drug-likeness (QED) is 0.616. The van der Waals surface area contributed by atoms with Crippen molar-refractivity contribution >= 4 is 0 Å². The highest BCUT2D eigenvalue weighted by atomic mass is 19.1. The Morgan fingerprint density at radius 1 is 1.36 bits per heavy atom. The highest BCUT2D eigenvalue weighted by molar-refractivity contribution is 5.16. The molecule has 0 fully saturated rings. The fourth-order valence-corrected chi connectivity index (χ4v) is 0.862. The molecule has 0 amide bonds. The highest BCUT2D eigenvalue weighted by Gasteiger charge is 1.98. The van der Waals surface area contributed by atoms with Crippen LogP contribution in [-0.2, 0) is 6.42 Å². The van der Waals surface area contributed by atoms with Gasteiger partial charge in [-0.25, -0.2) is 4.39 Å². The fraction of sp³-hybridized carbons (Fsp3) is 0.250. The van der Waals surface area contributed by atoms with Crippen LogP contribution in [0.2, 0.25) is 0 Å². The molecular formula is C8H10FNO. The molecule has 1 aromatic carbocycles. The Labute approximate surface area is 64.5 Å². The van der Waals surface area contributed by atoms with E-state index in [1.54, 1.807) is 12.1 Å². The number of rotatable bonds is 2. The van der Waals surface area contributed by atoms with Gasteiger partial charge in [-0.05, 0) is 17.7 Å². The van der Waals surface area contributed by atoms with E-state index in [0.717, 1.165) is 5.56 Å². The molecule has 1 rings (SSSR count). The third kappa shape index (κ3) is 2.65. The van der Waals surface area contributed by atoms with Gasteiger partial charge in [0.05, 0.1) is 0 Å². The molecule has 0 aliphatic rings. The number of aliphatic hydroxyl groups excluding tert-OH is 1. The van der Waals surface area contributed by atoms with Crippen molar-refractivity contribution < 1.29 is 9.50 Å². The van der Waals surface area contributed by atoms with E-state index in [0.29, 0.717) is 6.42 Å². The summed E-state index contributed by atoms with van der Waals surface area (Å²) >= 11 is 0. The minimum Gasteiger partial charge on any atom is -0.378 e. The Hall–Kier alpha value is -0.930. The summed E-state index contributed by atoms with van der Waals surface area (Å²) in [7, 11) is 0.